The van der Waals surface area contributed by atoms with Crippen LogP contribution in [0.5, 0.6) is 0 Å². The molecule has 4 nitrogen and oxygen atoms in total. The van der Waals surface area contributed by atoms with Gasteiger partial charge in [-0.05, 0) is 12.1 Å². The van der Waals surface area contributed by atoms with Crippen molar-refractivity contribution in [2.45, 2.75) is 12.3 Å². The van der Waals surface area contributed by atoms with E-state index in [2.05, 4.69) is 4.98 Å². The van der Waals surface area contributed by atoms with Crippen LogP contribution < -0.4 is 4.90 Å². The molecule has 2 rings (SSSR count). The van der Waals surface area contributed by atoms with E-state index >= 15 is 0 Å². The largest absolute Gasteiger partial charge is 0.417 e. The third kappa shape index (κ3) is 2.91. The number of hydrogen-bond acceptors (Lipinski definition) is 4. The Balaban J connectivity index is 2.09. The number of anilines is 1. The first-order valence-corrected chi connectivity index (χ1v) is 5.51. The highest BCUT2D eigenvalue weighted by Gasteiger charge is 2.31. The number of pyridine rings is 1. The second kappa shape index (κ2) is 5.11. The first-order valence-electron chi connectivity index (χ1n) is 5.51. The Morgan fingerprint density at radius 1 is 1.44 bits per heavy atom. The number of rotatable bonds is 2. The predicted octanol–water partition coefficient (Wildman–Crippen LogP) is 1.30. The van der Waals surface area contributed by atoms with Gasteiger partial charge in [-0.25, -0.2) is 4.98 Å². The average Bonchev–Trinajstić information content (AvgIpc) is 2.38. The molecule has 0 spiro atoms. The minimum absolute atomic E-state index is 0.114. The number of aliphatic hydroxyl groups is 1. The molecule has 0 bridgehead atoms. The van der Waals surface area contributed by atoms with E-state index in [4.69, 9.17) is 9.84 Å². The third-order valence-corrected chi connectivity index (χ3v) is 2.74. The summed E-state index contributed by atoms with van der Waals surface area (Å²) in [5.74, 6) is 0.463. The smallest absolute Gasteiger partial charge is 0.394 e. The Kier molecular flexibility index (Phi) is 3.72. The molecule has 0 radical (unpaired) electrons. The Bertz CT molecular complexity index is 394. The van der Waals surface area contributed by atoms with Crippen LogP contribution in [-0.4, -0.2) is 42.5 Å². The maximum absolute atomic E-state index is 12.4. The van der Waals surface area contributed by atoms with Crippen LogP contribution in [0.1, 0.15) is 5.56 Å². The zero-order chi connectivity index (χ0) is 13.2. The van der Waals surface area contributed by atoms with Gasteiger partial charge in [-0.1, -0.05) is 0 Å². The van der Waals surface area contributed by atoms with Gasteiger partial charge in [0.15, 0.2) is 0 Å². The first kappa shape index (κ1) is 13.1. The Hall–Kier alpha value is -1.34. The summed E-state index contributed by atoms with van der Waals surface area (Å²) >= 11 is 0. The van der Waals surface area contributed by atoms with Crippen LogP contribution in [0.25, 0.3) is 0 Å². The lowest BCUT2D eigenvalue weighted by Gasteiger charge is -2.32. The number of alkyl halides is 3. The fourth-order valence-electron chi connectivity index (χ4n) is 1.78. The standard InChI is InChI=1S/C11H13F3N2O2/c12-11(13,14)8-1-2-10(15-5-8)16-3-4-18-9(6-16)7-17/h1-2,5,9,17H,3-4,6-7H2. The highest BCUT2D eigenvalue weighted by atomic mass is 19.4. The second-order valence-corrected chi connectivity index (χ2v) is 4.02. The molecule has 0 aromatic carbocycles. The van der Waals surface area contributed by atoms with Gasteiger partial charge in [-0.15, -0.1) is 0 Å². The highest BCUT2D eigenvalue weighted by molar-refractivity contribution is 5.40. The predicted molar refractivity (Wildman–Crippen MR) is 58.3 cm³/mol. The van der Waals surface area contributed by atoms with Crippen LogP contribution in [0, 0.1) is 0 Å². The van der Waals surface area contributed by atoms with E-state index in [-0.39, 0.29) is 12.7 Å². The van der Waals surface area contributed by atoms with E-state index in [0.717, 1.165) is 12.3 Å². The van der Waals surface area contributed by atoms with Crippen molar-refractivity contribution in [2.24, 2.45) is 0 Å². The second-order valence-electron chi connectivity index (χ2n) is 4.02. The SMILES string of the molecule is OCC1CN(c2ccc(C(F)(F)F)cn2)CCO1. The first-order chi connectivity index (χ1) is 8.50. The van der Waals surface area contributed by atoms with Crippen molar-refractivity contribution < 1.29 is 23.0 Å². The summed E-state index contributed by atoms with van der Waals surface area (Å²) in [6, 6.07) is 2.34. The fraction of sp³-hybridized carbons (Fsp3) is 0.545. The molecule has 100 valence electrons. The average molecular weight is 262 g/mol. The topological polar surface area (TPSA) is 45.6 Å². The van der Waals surface area contributed by atoms with Crippen LogP contribution >= 0.6 is 0 Å². The molecule has 1 atom stereocenters. The lowest BCUT2D eigenvalue weighted by Crippen LogP contribution is -2.44. The van der Waals surface area contributed by atoms with Crippen LogP contribution in [0.15, 0.2) is 18.3 Å². The van der Waals surface area contributed by atoms with Crippen molar-refractivity contribution in [3.8, 4) is 0 Å². The summed E-state index contributed by atoms with van der Waals surface area (Å²) in [7, 11) is 0. The van der Waals surface area contributed by atoms with Gasteiger partial charge < -0.3 is 14.7 Å². The van der Waals surface area contributed by atoms with Gasteiger partial charge in [0.05, 0.1) is 24.9 Å². The number of aliphatic hydroxyl groups excluding tert-OH is 1. The minimum atomic E-state index is -4.37. The van der Waals surface area contributed by atoms with Crippen LogP contribution in [0.3, 0.4) is 0 Å². The molecule has 2 heterocycles. The zero-order valence-electron chi connectivity index (χ0n) is 9.52. The molecule has 1 aromatic heterocycles. The quantitative estimate of drug-likeness (QED) is 0.872. The molecule has 1 saturated heterocycles. The molecule has 1 unspecified atom stereocenters. The summed E-state index contributed by atoms with van der Waals surface area (Å²) in [4.78, 5) is 5.60. The molecule has 1 N–H and O–H groups in total. The third-order valence-electron chi connectivity index (χ3n) is 2.74. The van der Waals surface area contributed by atoms with Gasteiger partial charge in [-0.3, -0.25) is 0 Å². The number of aromatic nitrogens is 1. The van der Waals surface area contributed by atoms with Crippen molar-refractivity contribution in [1.82, 2.24) is 4.98 Å². The van der Waals surface area contributed by atoms with Crippen LogP contribution in [0.2, 0.25) is 0 Å². The Labute approximate surface area is 102 Å². The van der Waals surface area contributed by atoms with Crippen LogP contribution in [-0.2, 0) is 10.9 Å². The maximum atomic E-state index is 12.4. The van der Waals surface area contributed by atoms with Crippen molar-refractivity contribution in [3.63, 3.8) is 0 Å². The Morgan fingerprint density at radius 2 is 2.22 bits per heavy atom. The highest BCUT2D eigenvalue weighted by Crippen LogP contribution is 2.29. The molecule has 1 aromatic rings. The zero-order valence-corrected chi connectivity index (χ0v) is 9.52. The van der Waals surface area contributed by atoms with E-state index < -0.39 is 11.7 Å². The molecule has 1 aliphatic rings. The number of hydrogen-bond donors (Lipinski definition) is 1. The molecule has 7 heteroatoms. The summed E-state index contributed by atoms with van der Waals surface area (Å²) in [5.41, 5.74) is -0.766. The lowest BCUT2D eigenvalue weighted by atomic mass is 10.2. The van der Waals surface area contributed by atoms with Gasteiger partial charge in [0.25, 0.3) is 0 Å². The number of ether oxygens (including phenoxy) is 1. The molecular weight excluding hydrogens is 249 g/mol. The minimum Gasteiger partial charge on any atom is -0.394 e. The van der Waals surface area contributed by atoms with E-state index in [9.17, 15) is 13.2 Å². The normalized spacial score (nSPS) is 21.1. The lowest BCUT2D eigenvalue weighted by molar-refractivity contribution is -0.137. The molecule has 1 fully saturated rings. The number of nitrogens with zero attached hydrogens (tertiary/aromatic N) is 2. The van der Waals surface area contributed by atoms with E-state index in [1.807, 2.05) is 0 Å². The van der Waals surface area contributed by atoms with Gasteiger partial charge in [0.2, 0.25) is 0 Å². The van der Waals surface area contributed by atoms with Crippen LogP contribution in [0.4, 0.5) is 19.0 Å². The molecule has 1 aliphatic heterocycles. The molecule has 0 aliphatic carbocycles. The van der Waals surface area contributed by atoms with E-state index in [0.29, 0.717) is 25.5 Å². The van der Waals surface area contributed by atoms with Crippen molar-refractivity contribution in [2.75, 3.05) is 31.2 Å². The van der Waals surface area contributed by atoms with Gasteiger partial charge in [-0.2, -0.15) is 13.2 Å². The summed E-state index contributed by atoms with van der Waals surface area (Å²) in [6.07, 6.45) is -3.87. The van der Waals surface area contributed by atoms with Gasteiger partial charge in [0.1, 0.15) is 5.82 Å². The van der Waals surface area contributed by atoms with Gasteiger partial charge >= 0.3 is 6.18 Å². The van der Waals surface area contributed by atoms with Crippen molar-refractivity contribution >= 4 is 5.82 Å². The maximum Gasteiger partial charge on any atom is 0.417 e. The Morgan fingerprint density at radius 3 is 2.78 bits per heavy atom. The molecule has 18 heavy (non-hydrogen) atoms. The van der Waals surface area contributed by atoms with E-state index in [1.54, 1.807) is 4.90 Å². The molecule has 0 saturated carbocycles. The van der Waals surface area contributed by atoms with E-state index in [1.165, 1.54) is 6.07 Å². The monoisotopic (exact) mass is 262 g/mol. The number of halogens is 3. The van der Waals surface area contributed by atoms with Crippen molar-refractivity contribution in [1.29, 1.82) is 0 Å². The summed E-state index contributed by atoms with van der Waals surface area (Å²) in [5, 5.41) is 8.99. The van der Waals surface area contributed by atoms with Crippen molar-refractivity contribution in [3.05, 3.63) is 23.9 Å². The molecule has 0 amide bonds. The number of morpholine rings is 1. The molecular formula is C11H13F3N2O2. The fourth-order valence-corrected chi connectivity index (χ4v) is 1.78. The van der Waals surface area contributed by atoms with Gasteiger partial charge in [0, 0.05) is 19.3 Å². The summed E-state index contributed by atoms with van der Waals surface area (Å²) < 4.78 is 42.4. The summed E-state index contributed by atoms with van der Waals surface area (Å²) in [6.45, 7) is 1.29.